The first-order valence-corrected chi connectivity index (χ1v) is 7.47. The Bertz CT molecular complexity index is 595. The largest absolute Gasteiger partial charge is 0.338 e. The van der Waals surface area contributed by atoms with Gasteiger partial charge in [-0.1, -0.05) is 11.6 Å². The van der Waals surface area contributed by atoms with E-state index in [0.717, 1.165) is 22.8 Å². The number of carbonyl (C=O) groups excluding carboxylic acids is 1. The number of anilines is 1. The van der Waals surface area contributed by atoms with Crippen LogP contribution in [0.1, 0.15) is 15.6 Å². The van der Waals surface area contributed by atoms with Gasteiger partial charge in [0.25, 0.3) is 0 Å². The number of rotatable bonds is 4. The molecule has 106 valence electrons. The number of nitrogens with one attached hydrogen (secondary N) is 2. The smallest absolute Gasteiger partial charge is 0.319 e. The highest BCUT2D eigenvalue weighted by molar-refractivity contribution is 7.11. The Labute approximate surface area is 127 Å². The summed E-state index contributed by atoms with van der Waals surface area (Å²) in [4.78, 5) is 17.3. The van der Waals surface area contributed by atoms with E-state index >= 15 is 0 Å². The summed E-state index contributed by atoms with van der Waals surface area (Å²) in [5.74, 6) is 0. The van der Waals surface area contributed by atoms with Gasteiger partial charge < -0.3 is 10.6 Å². The van der Waals surface area contributed by atoms with E-state index in [1.165, 1.54) is 4.88 Å². The van der Waals surface area contributed by atoms with Crippen LogP contribution in [0, 0.1) is 13.8 Å². The summed E-state index contributed by atoms with van der Waals surface area (Å²) in [5.41, 5.74) is 1.77. The highest BCUT2D eigenvalue weighted by Gasteiger charge is 2.06. The molecule has 0 aliphatic rings. The van der Waals surface area contributed by atoms with Crippen molar-refractivity contribution in [3.05, 3.63) is 44.9 Å². The Morgan fingerprint density at radius 1 is 1.30 bits per heavy atom. The number of halogens is 1. The summed E-state index contributed by atoms with van der Waals surface area (Å²) in [5, 5.41) is 7.28. The molecule has 2 N–H and O–H groups in total. The summed E-state index contributed by atoms with van der Waals surface area (Å²) < 4.78 is 0. The van der Waals surface area contributed by atoms with Crippen molar-refractivity contribution in [3.8, 4) is 0 Å². The average molecular weight is 310 g/mol. The normalized spacial score (nSPS) is 10.3. The molecule has 6 heteroatoms. The van der Waals surface area contributed by atoms with Crippen LogP contribution in [-0.4, -0.2) is 17.6 Å². The number of aromatic nitrogens is 1. The van der Waals surface area contributed by atoms with Crippen LogP contribution in [0.5, 0.6) is 0 Å². The lowest BCUT2D eigenvalue weighted by Crippen LogP contribution is -2.30. The highest BCUT2D eigenvalue weighted by atomic mass is 35.5. The van der Waals surface area contributed by atoms with Crippen LogP contribution in [0.15, 0.2) is 24.3 Å². The molecule has 0 spiro atoms. The molecule has 2 aromatic rings. The van der Waals surface area contributed by atoms with Gasteiger partial charge in [-0.2, -0.15) is 0 Å². The third-order valence-electron chi connectivity index (χ3n) is 2.74. The van der Waals surface area contributed by atoms with Gasteiger partial charge in [0, 0.05) is 28.6 Å². The fourth-order valence-corrected chi connectivity index (χ4v) is 2.87. The molecule has 1 aromatic heterocycles. The molecule has 0 atom stereocenters. The van der Waals surface area contributed by atoms with Crippen molar-refractivity contribution in [1.82, 2.24) is 10.3 Å². The van der Waals surface area contributed by atoms with Gasteiger partial charge in [0.05, 0.1) is 10.7 Å². The molecule has 0 saturated heterocycles. The van der Waals surface area contributed by atoms with Gasteiger partial charge in [-0.15, -0.1) is 11.3 Å². The molecule has 2 rings (SSSR count). The van der Waals surface area contributed by atoms with Gasteiger partial charge in [-0.3, -0.25) is 0 Å². The Morgan fingerprint density at radius 3 is 2.60 bits per heavy atom. The van der Waals surface area contributed by atoms with E-state index in [2.05, 4.69) is 15.6 Å². The molecule has 0 unspecified atom stereocenters. The molecule has 1 aromatic carbocycles. The maximum atomic E-state index is 11.7. The fraction of sp³-hybridized carbons (Fsp3) is 0.286. The standard InChI is InChI=1S/C14H16ClN3OS/c1-9-13(20-10(2)17-9)7-8-16-14(19)18-12-5-3-11(15)4-6-12/h3-6H,7-8H2,1-2H3,(H2,16,18,19). The summed E-state index contributed by atoms with van der Waals surface area (Å²) in [6.07, 6.45) is 0.797. The lowest BCUT2D eigenvalue weighted by molar-refractivity contribution is 0.252. The van der Waals surface area contributed by atoms with Crippen LogP contribution in [0.2, 0.25) is 5.02 Å². The van der Waals surface area contributed by atoms with Crippen molar-refractivity contribution >= 4 is 34.7 Å². The third-order valence-corrected chi connectivity index (χ3v) is 4.12. The molecule has 1 heterocycles. The van der Waals surface area contributed by atoms with E-state index in [4.69, 9.17) is 11.6 Å². The lowest BCUT2D eigenvalue weighted by Gasteiger charge is -2.07. The second-order valence-corrected chi connectivity index (χ2v) is 6.10. The Hall–Kier alpha value is -1.59. The van der Waals surface area contributed by atoms with Gasteiger partial charge in [-0.25, -0.2) is 9.78 Å². The second-order valence-electron chi connectivity index (χ2n) is 4.38. The first-order chi connectivity index (χ1) is 9.54. The molecule has 0 saturated carbocycles. The topological polar surface area (TPSA) is 54.0 Å². The van der Waals surface area contributed by atoms with E-state index in [0.29, 0.717) is 11.6 Å². The molecule has 4 nitrogen and oxygen atoms in total. The van der Waals surface area contributed by atoms with Crippen molar-refractivity contribution in [2.45, 2.75) is 20.3 Å². The van der Waals surface area contributed by atoms with E-state index in [9.17, 15) is 4.79 Å². The summed E-state index contributed by atoms with van der Waals surface area (Å²) in [7, 11) is 0. The van der Waals surface area contributed by atoms with Gasteiger partial charge in [0.2, 0.25) is 0 Å². The van der Waals surface area contributed by atoms with Crippen LogP contribution >= 0.6 is 22.9 Å². The maximum absolute atomic E-state index is 11.7. The average Bonchev–Trinajstić information content (AvgIpc) is 2.71. The number of benzene rings is 1. The van der Waals surface area contributed by atoms with Crippen molar-refractivity contribution in [2.75, 3.05) is 11.9 Å². The number of carbonyl (C=O) groups is 1. The van der Waals surface area contributed by atoms with Crippen LogP contribution in [0.4, 0.5) is 10.5 Å². The predicted molar refractivity (Wildman–Crippen MR) is 83.8 cm³/mol. The number of amides is 2. The van der Waals surface area contributed by atoms with E-state index in [-0.39, 0.29) is 6.03 Å². The quantitative estimate of drug-likeness (QED) is 0.903. The Morgan fingerprint density at radius 2 is 2.00 bits per heavy atom. The summed E-state index contributed by atoms with van der Waals surface area (Å²) >= 11 is 7.46. The zero-order chi connectivity index (χ0) is 14.5. The SMILES string of the molecule is Cc1nc(C)c(CCNC(=O)Nc2ccc(Cl)cc2)s1. The van der Waals surface area contributed by atoms with Gasteiger partial charge in [-0.05, 0) is 38.1 Å². The van der Waals surface area contributed by atoms with Crippen molar-refractivity contribution in [2.24, 2.45) is 0 Å². The molecule has 0 aliphatic heterocycles. The number of thiazole rings is 1. The first-order valence-electron chi connectivity index (χ1n) is 6.28. The van der Waals surface area contributed by atoms with Crippen LogP contribution in [-0.2, 0) is 6.42 Å². The van der Waals surface area contributed by atoms with Gasteiger partial charge in [0.15, 0.2) is 0 Å². The number of urea groups is 1. The van der Waals surface area contributed by atoms with Crippen molar-refractivity contribution < 1.29 is 4.79 Å². The highest BCUT2D eigenvalue weighted by Crippen LogP contribution is 2.17. The maximum Gasteiger partial charge on any atom is 0.319 e. The van der Waals surface area contributed by atoms with Crippen molar-refractivity contribution in [3.63, 3.8) is 0 Å². The Kier molecular flexibility index (Phi) is 4.98. The minimum atomic E-state index is -0.216. The Balaban J connectivity index is 1.78. The van der Waals surface area contributed by atoms with Crippen LogP contribution in [0.3, 0.4) is 0 Å². The predicted octanol–water partition coefficient (Wildman–Crippen LogP) is 3.78. The molecule has 0 bridgehead atoms. The van der Waals surface area contributed by atoms with Crippen molar-refractivity contribution in [1.29, 1.82) is 0 Å². The third kappa shape index (κ3) is 4.21. The zero-order valence-corrected chi connectivity index (χ0v) is 12.9. The number of nitrogens with zero attached hydrogens (tertiary/aromatic N) is 1. The van der Waals surface area contributed by atoms with Gasteiger partial charge >= 0.3 is 6.03 Å². The molecule has 2 amide bonds. The van der Waals surface area contributed by atoms with E-state index in [1.807, 2.05) is 13.8 Å². The summed E-state index contributed by atoms with van der Waals surface area (Å²) in [6.45, 7) is 4.57. The van der Waals surface area contributed by atoms with E-state index < -0.39 is 0 Å². The lowest BCUT2D eigenvalue weighted by atomic mass is 10.3. The molecule has 20 heavy (non-hydrogen) atoms. The molecule has 0 radical (unpaired) electrons. The number of hydrogen-bond donors (Lipinski definition) is 2. The molecule has 0 fully saturated rings. The number of hydrogen-bond acceptors (Lipinski definition) is 3. The number of aryl methyl sites for hydroxylation is 2. The van der Waals surface area contributed by atoms with Crippen LogP contribution < -0.4 is 10.6 Å². The first kappa shape index (κ1) is 14.8. The van der Waals surface area contributed by atoms with Crippen LogP contribution in [0.25, 0.3) is 0 Å². The second kappa shape index (κ2) is 6.72. The monoisotopic (exact) mass is 309 g/mol. The molecular weight excluding hydrogens is 294 g/mol. The zero-order valence-electron chi connectivity index (χ0n) is 11.4. The fourth-order valence-electron chi connectivity index (χ4n) is 1.80. The molecular formula is C14H16ClN3OS. The molecule has 0 aliphatic carbocycles. The minimum absolute atomic E-state index is 0.216. The summed E-state index contributed by atoms with van der Waals surface area (Å²) in [6, 6.07) is 6.78. The minimum Gasteiger partial charge on any atom is -0.338 e. The van der Waals surface area contributed by atoms with E-state index in [1.54, 1.807) is 35.6 Å². The van der Waals surface area contributed by atoms with Gasteiger partial charge in [0.1, 0.15) is 0 Å².